The number of rotatable bonds is 6. The molecule has 0 spiro atoms. The molecule has 0 aromatic heterocycles. The van der Waals surface area contributed by atoms with Crippen LogP contribution in [0.5, 0.6) is 0 Å². The van der Waals surface area contributed by atoms with E-state index in [1.54, 1.807) is 25.2 Å². The average Bonchev–Trinajstić information content (AvgIpc) is 2.64. The topological polar surface area (TPSA) is 65.5 Å². The SMILES string of the molecule is CN=C(NCCNC(=O)c1ccc(Cl)c(Cl)c1)NCc1ccccc1. The molecule has 2 aromatic carbocycles. The lowest BCUT2D eigenvalue weighted by Gasteiger charge is -2.12. The fourth-order valence-corrected chi connectivity index (χ4v) is 2.40. The van der Waals surface area contributed by atoms with Crippen LogP contribution in [0.15, 0.2) is 53.5 Å². The van der Waals surface area contributed by atoms with E-state index < -0.39 is 0 Å². The van der Waals surface area contributed by atoms with Gasteiger partial charge in [-0.25, -0.2) is 0 Å². The molecule has 0 aliphatic heterocycles. The lowest BCUT2D eigenvalue weighted by Crippen LogP contribution is -2.41. The van der Waals surface area contributed by atoms with E-state index in [9.17, 15) is 4.79 Å². The van der Waals surface area contributed by atoms with Gasteiger partial charge in [-0.05, 0) is 23.8 Å². The number of nitrogens with one attached hydrogen (secondary N) is 3. The van der Waals surface area contributed by atoms with Gasteiger partial charge in [0.05, 0.1) is 10.0 Å². The number of nitrogens with zero attached hydrogens (tertiary/aromatic N) is 1. The van der Waals surface area contributed by atoms with Crippen LogP contribution in [0, 0.1) is 0 Å². The maximum absolute atomic E-state index is 12.0. The van der Waals surface area contributed by atoms with E-state index in [1.165, 1.54) is 5.56 Å². The molecule has 2 rings (SSSR count). The van der Waals surface area contributed by atoms with Gasteiger partial charge in [-0.3, -0.25) is 9.79 Å². The molecule has 0 radical (unpaired) electrons. The second-order valence-corrected chi connectivity index (χ2v) is 6.04. The second-order valence-electron chi connectivity index (χ2n) is 5.22. The van der Waals surface area contributed by atoms with E-state index in [2.05, 4.69) is 20.9 Å². The van der Waals surface area contributed by atoms with Crippen molar-refractivity contribution in [1.82, 2.24) is 16.0 Å². The molecular formula is C18H20Cl2N4O. The van der Waals surface area contributed by atoms with Crippen LogP contribution < -0.4 is 16.0 Å². The third-order valence-corrected chi connectivity index (χ3v) is 4.15. The highest BCUT2D eigenvalue weighted by Gasteiger charge is 2.07. The molecule has 0 unspecified atom stereocenters. The van der Waals surface area contributed by atoms with Crippen molar-refractivity contribution in [2.45, 2.75) is 6.54 Å². The zero-order valence-electron chi connectivity index (χ0n) is 13.9. The number of hydrogen-bond acceptors (Lipinski definition) is 2. The number of halogens is 2. The lowest BCUT2D eigenvalue weighted by molar-refractivity contribution is 0.0954. The summed E-state index contributed by atoms with van der Waals surface area (Å²) in [4.78, 5) is 16.2. The highest BCUT2D eigenvalue weighted by molar-refractivity contribution is 6.42. The lowest BCUT2D eigenvalue weighted by atomic mass is 10.2. The molecule has 0 aliphatic carbocycles. The third kappa shape index (κ3) is 6.29. The fraction of sp³-hybridized carbons (Fsp3) is 0.222. The second kappa shape index (κ2) is 9.91. The van der Waals surface area contributed by atoms with Crippen molar-refractivity contribution >= 4 is 35.1 Å². The van der Waals surface area contributed by atoms with Crippen LogP contribution in [0.2, 0.25) is 10.0 Å². The van der Waals surface area contributed by atoms with E-state index in [1.807, 2.05) is 30.3 Å². The minimum atomic E-state index is -0.201. The molecule has 0 fully saturated rings. The molecular weight excluding hydrogens is 359 g/mol. The Morgan fingerprint density at radius 2 is 1.68 bits per heavy atom. The molecule has 0 atom stereocenters. The van der Waals surface area contributed by atoms with Crippen molar-refractivity contribution in [2.75, 3.05) is 20.1 Å². The van der Waals surface area contributed by atoms with Gasteiger partial charge in [0.25, 0.3) is 5.91 Å². The number of amides is 1. The van der Waals surface area contributed by atoms with E-state index in [4.69, 9.17) is 23.2 Å². The van der Waals surface area contributed by atoms with Gasteiger partial charge in [0.2, 0.25) is 0 Å². The third-order valence-electron chi connectivity index (χ3n) is 3.41. The van der Waals surface area contributed by atoms with Crippen LogP contribution in [-0.4, -0.2) is 32.0 Å². The summed E-state index contributed by atoms with van der Waals surface area (Å²) in [6.07, 6.45) is 0. The number of carbonyl (C=O) groups excluding carboxylic acids is 1. The van der Waals surface area contributed by atoms with Crippen LogP contribution >= 0.6 is 23.2 Å². The Hall–Kier alpha value is -2.24. The minimum Gasteiger partial charge on any atom is -0.355 e. The summed E-state index contributed by atoms with van der Waals surface area (Å²) >= 11 is 11.8. The predicted molar refractivity (Wildman–Crippen MR) is 103 cm³/mol. The Bertz CT molecular complexity index is 735. The summed E-state index contributed by atoms with van der Waals surface area (Å²) in [7, 11) is 1.70. The number of aliphatic imine (C=N–C) groups is 1. The quantitative estimate of drug-likeness (QED) is 0.411. The number of guanidine groups is 1. The zero-order valence-corrected chi connectivity index (χ0v) is 15.4. The fourth-order valence-electron chi connectivity index (χ4n) is 2.10. The van der Waals surface area contributed by atoms with Crippen molar-refractivity contribution in [3.05, 3.63) is 69.7 Å². The van der Waals surface area contributed by atoms with Crippen LogP contribution in [0.1, 0.15) is 15.9 Å². The van der Waals surface area contributed by atoms with Gasteiger partial charge in [0, 0.05) is 32.2 Å². The first-order chi connectivity index (χ1) is 12.1. The highest BCUT2D eigenvalue weighted by Crippen LogP contribution is 2.22. The first-order valence-corrected chi connectivity index (χ1v) is 8.57. The molecule has 0 heterocycles. The standard InChI is InChI=1S/C18H20Cl2N4O/c1-21-18(24-12-13-5-3-2-4-6-13)23-10-9-22-17(25)14-7-8-15(19)16(20)11-14/h2-8,11H,9-10,12H2,1H3,(H,22,25)(H2,21,23,24). The number of benzene rings is 2. The molecule has 0 saturated carbocycles. The average molecular weight is 379 g/mol. The van der Waals surface area contributed by atoms with E-state index in [0.717, 1.165) is 0 Å². The van der Waals surface area contributed by atoms with E-state index in [-0.39, 0.29) is 5.91 Å². The van der Waals surface area contributed by atoms with Gasteiger partial charge < -0.3 is 16.0 Å². The molecule has 2 aromatic rings. The zero-order chi connectivity index (χ0) is 18.1. The monoisotopic (exact) mass is 378 g/mol. The van der Waals surface area contributed by atoms with Crippen molar-refractivity contribution in [1.29, 1.82) is 0 Å². The maximum Gasteiger partial charge on any atom is 0.251 e. The largest absolute Gasteiger partial charge is 0.355 e. The van der Waals surface area contributed by atoms with Gasteiger partial charge >= 0.3 is 0 Å². The van der Waals surface area contributed by atoms with Crippen molar-refractivity contribution in [3.63, 3.8) is 0 Å². The van der Waals surface area contributed by atoms with Crippen molar-refractivity contribution in [3.8, 4) is 0 Å². The molecule has 0 bridgehead atoms. The Balaban J connectivity index is 1.71. The number of carbonyl (C=O) groups is 1. The Kier molecular flexibility index (Phi) is 7.57. The normalized spacial score (nSPS) is 11.1. The molecule has 0 saturated heterocycles. The van der Waals surface area contributed by atoms with Gasteiger partial charge in [-0.1, -0.05) is 53.5 Å². The van der Waals surface area contributed by atoms with Crippen LogP contribution in [0.3, 0.4) is 0 Å². The Morgan fingerprint density at radius 3 is 2.36 bits per heavy atom. The van der Waals surface area contributed by atoms with E-state index >= 15 is 0 Å². The maximum atomic E-state index is 12.0. The van der Waals surface area contributed by atoms with Crippen molar-refractivity contribution in [2.24, 2.45) is 4.99 Å². The minimum absolute atomic E-state index is 0.201. The first kappa shape index (κ1) is 19.1. The smallest absolute Gasteiger partial charge is 0.251 e. The molecule has 5 nitrogen and oxygen atoms in total. The van der Waals surface area contributed by atoms with Crippen LogP contribution in [-0.2, 0) is 6.54 Å². The molecule has 7 heteroatoms. The summed E-state index contributed by atoms with van der Waals surface area (Å²) < 4.78 is 0. The predicted octanol–water partition coefficient (Wildman–Crippen LogP) is 3.09. The van der Waals surface area contributed by atoms with E-state index in [0.29, 0.717) is 41.2 Å². The summed E-state index contributed by atoms with van der Waals surface area (Å²) in [5, 5.41) is 9.95. The van der Waals surface area contributed by atoms with Crippen molar-refractivity contribution < 1.29 is 4.79 Å². The summed E-state index contributed by atoms with van der Waals surface area (Å²) in [6.45, 7) is 1.67. The van der Waals surface area contributed by atoms with Crippen LogP contribution in [0.25, 0.3) is 0 Å². The summed E-state index contributed by atoms with van der Waals surface area (Å²) in [6, 6.07) is 14.8. The molecule has 132 valence electrons. The van der Waals surface area contributed by atoms with Gasteiger partial charge in [-0.2, -0.15) is 0 Å². The summed E-state index contributed by atoms with van der Waals surface area (Å²) in [5.41, 5.74) is 1.64. The molecule has 3 N–H and O–H groups in total. The van der Waals surface area contributed by atoms with Crippen LogP contribution in [0.4, 0.5) is 0 Å². The van der Waals surface area contributed by atoms with Gasteiger partial charge in [0.1, 0.15) is 0 Å². The highest BCUT2D eigenvalue weighted by atomic mass is 35.5. The molecule has 1 amide bonds. The first-order valence-electron chi connectivity index (χ1n) is 7.82. The number of hydrogen-bond donors (Lipinski definition) is 3. The molecule has 25 heavy (non-hydrogen) atoms. The summed E-state index contributed by atoms with van der Waals surface area (Å²) in [5.74, 6) is 0.472. The molecule has 0 aliphatic rings. The Labute approximate surface area is 157 Å². The van der Waals surface area contributed by atoms with Gasteiger partial charge in [-0.15, -0.1) is 0 Å². The Morgan fingerprint density at radius 1 is 0.960 bits per heavy atom. The van der Waals surface area contributed by atoms with Gasteiger partial charge in [0.15, 0.2) is 5.96 Å².